The number of anilines is 1. The topological polar surface area (TPSA) is 59.3 Å². The summed E-state index contributed by atoms with van der Waals surface area (Å²) in [6.45, 7) is 2.15. The lowest BCUT2D eigenvalue weighted by Crippen LogP contribution is -2.29. The highest BCUT2D eigenvalue weighted by molar-refractivity contribution is 5.53. The van der Waals surface area contributed by atoms with E-state index < -0.39 is 0 Å². The molecule has 0 spiro atoms. The Bertz CT molecular complexity index is 354. The van der Waals surface area contributed by atoms with Gasteiger partial charge in [-0.05, 0) is 25.0 Å². The minimum Gasteiger partial charge on any atom is -0.497 e. The summed E-state index contributed by atoms with van der Waals surface area (Å²) in [6.07, 6.45) is 1.05. The summed E-state index contributed by atoms with van der Waals surface area (Å²) in [5.41, 5.74) is 14.3. The lowest BCUT2D eigenvalue weighted by atomic mass is 10.0. The Morgan fingerprint density at radius 1 is 1.40 bits per heavy atom. The highest BCUT2D eigenvalue weighted by Crippen LogP contribution is 2.29. The van der Waals surface area contributed by atoms with Gasteiger partial charge in [0.25, 0.3) is 0 Å². The summed E-state index contributed by atoms with van der Waals surface area (Å²) >= 11 is 0. The van der Waals surface area contributed by atoms with Crippen LogP contribution in [0.1, 0.15) is 24.9 Å². The Labute approximate surface area is 89.8 Å². The predicted molar refractivity (Wildman–Crippen MR) is 60.5 cm³/mol. The van der Waals surface area contributed by atoms with Crippen LogP contribution in [0.25, 0.3) is 0 Å². The van der Waals surface area contributed by atoms with Crippen LogP contribution in [0.15, 0.2) is 18.2 Å². The van der Waals surface area contributed by atoms with Gasteiger partial charge in [-0.25, -0.2) is 5.43 Å². The molecule has 15 heavy (non-hydrogen) atoms. The molecule has 2 unspecified atom stereocenters. The fraction of sp³-hybridized carbons (Fsp3) is 0.455. The first-order valence-electron chi connectivity index (χ1n) is 5.15. The SMILES string of the molecule is COc1ccc(C2CC(C)NN2)c(N)c1. The molecule has 0 radical (unpaired) electrons. The Balaban J connectivity index is 2.21. The average Bonchev–Trinajstić information content (AvgIpc) is 2.64. The molecule has 1 aromatic carbocycles. The van der Waals surface area contributed by atoms with Gasteiger partial charge in [-0.2, -0.15) is 0 Å². The third-order valence-electron chi connectivity index (χ3n) is 2.76. The molecule has 1 saturated heterocycles. The smallest absolute Gasteiger partial charge is 0.120 e. The maximum absolute atomic E-state index is 5.97. The molecule has 0 saturated carbocycles. The fourth-order valence-electron chi connectivity index (χ4n) is 1.92. The number of methoxy groups -OCH3 is 1. The number of ether oxygens (including phenoxy) is 1. The number of hydrogen-bond acceptors (Lipinski definition) is 4. The van der Waals surface area contributed by atoms with E-state index >= 15 is 0 Å². The van der Waals surface area contributed by atoms with Crippen LogP contribution in [-0.2, 0) is 0 Å². The molecule has 2 rings (SSSR count). The largest absolute Gasteiger partial charge is 0.497 e. The molecule has 1 aliphatic heterocycles. The van der Waals surface area contributed by atoms with Crippen molar-refractivity contribution in [1.29, 1.82) is 0 Å². The first-order valence-corrected chi connectivity index (χ1v) is 5.15. The Hall–Kier alpha value is -1.26. The second-order valence-electron chi connectivity index (χ2n) is 3.97. The normalized spacial score (nSPS) is 25.5. The summed E-state index contributed by atoms with van der Waals surface area (Å²) in [5, 5.41) is 0. The molecule has 4 heteroatoms. The molecule has 0 aromatic heterocycles. The highest BCUT2D eigenvalue weighted by Gasteiger charge is 2.23. The van der Waals surface area contributed by atoms with Crippen molar-refractivity contribution < 1.29 is 4.74 Å². The van der Waals surface area contributed by atoms with Crippen LogP contribution >= 0.6 is 0 Å². The summed E-state index contributed by atoms with van der Waals surface area (Å²) in [7, 11) is 1.64. The quantitative estimate of drug-likeness (QED) is 0.638. The molecule has 0 bridgehead atoms. The minimum absolute atomic E-state index is 0.297. The van der Waals surface area contributed by atoms with Crippen molar-refractivity contribution in [3.8, 4) is 5.75 Å². The van der Waals surface area contributed by atoms with Crippen LogP contribution in [0.5, 0.6) is 5.75 Å². The fourth-order valence-corrected chi connectivity index (χ4v) is 1.92. The van der Waals surface area contributed by atoms with Gasteiger partial charge in [0.15, 0.2) is 0 Å². The molecule has 0 aliphatic carbocycles. The summed E-state index contributed by atoms with van der Waals surface area (Å²) in [5.74, 6) is 0.801. The van der Waals surface area contributed by atoms with Crippen molar-refractivity contribution in [1.82, 2.24) is 10.9 Å². The van der Waals surface area contributed by atoms with Crippen molar-refractivity contribution in [2.45, 2.75) is 25.4 Å². The molecule has 82 valence electrons. The van der Waals surface area contributed by atoms with Gasteiger partial charge < -0.3 is 10.5 Å². The summed E-state index contributed by atoms with van der Waals surface area (Å²) < 4.78 is 5.12. The van der Waals surface area contributed by atoms with Crippen LogP contribution in [0.2, 0.25) is 0 Å². The lowest BCUT2D eigenvalue weighted by Gasteiger charge is -2.13. The zero-order valence-corrected chi connectivity index (χ0v) is 9.08. The second-order valence-corrected chi connectivity index (χ2v) is 3.97. The number of hydrazine groups is 1. The van der Waals surface area contributed by atoms with Crippen molar-refractivity contribution in [2.75, 3.05) is 12.8 Å². The third kappa shape index (κ3) is 2.06. The molecular weight excluding hydrogens is 190 g/mol. The van der Waals surface area contributed by atoms with E-state index in [2.05, 4.69) is 17.8 Å². The third-order valence-corrected chi connectivity index (χ3v) is 2.76. The number of hydrogen-bond donors (Lipinski definition) is 3. The molecule has 1 heterocycles. The number of nitrogen functional groups attached to an aromatic ring is 1. The maximum Gasteiger partial charge on any atom is 0.120 e. The van der Waals surface area contributed by atoms with E-state index in [-0.39, 0.29) is 0 Å². The molecule has 1 aliphatic rings. The first-order chi connectivity index (χ1) is 7.20. The van der Waals surface area contributed by atoms with E-state index in [1.807, 2.05) is 18.2 Å². The number of rotatable bonds is 2. The molecular formula is C11H17N3O. The van der Waals surface area contributed by atoms with Crippen molar-refractivity contribution >= 4 is 5.69 Å². The van der Waals surface area contributed by atoms with Crippen LogP contribution in [-0.4, -0.2) is 13.2 Å². The number of nitrogens with one attached hydrogen (secondary N) is 2. The Morgan fingerprint density at radius 2 is 2.20 bits per heavy atom. The number of nitrogens with two attached hydrogens (primary N) is 1. The lowest BCUT2D eigenvalue weighted by molar-refractivity contribution is 0.414. The van der Waals surface area contributed by atoms with E-state index in [1.165, 1.54) is 0 Å². The van der Waals surface area contributed by atoms with E-state index in [9.17, 15) is 0 Å². The Morgan fingerprint density at radius 3 is 2.73 bits per heavy atom. The summed E-state index contributed by atoms with van der Waals surface area (Å²) in [6, 6.07) is 6.60. The van der Waals surface area contributed by atoms with Gasteiger partial charge in [-0.3, -0.25) is 5.43 Å². The molecule has 4 nitrogen and oxygen atoms in total. The molecule has 0 amide bonds. The standard InChI is InChI=1S/C11H17N3O/c1-7-5-11(14-13-7)9-4-3-8(15-2)6-10(9)12/h3-4,6-7,11,13-14H,5,12H2,1-2H3. The van der Waals surface area contributed by atoms with Crippen LogP contribution in [0, 0.1) is 0 Å². The van der Waals surface area contributed by atoms with E-state index in [0.717, 1.165) is 23.4 Å². The monoisotopic (exact) mass is 207 g/mol. The highest BCUT2D eigenvalue weighted by atomic mass is 16.5. The molecule has 1 aromatic rings. The van der Waals surface area contributed by atoms with E-state index in [1.54, 1.807) is 7.11 Å². The van der Waals surface area contributed by atoms with Gasteiger partial charge in [0.1, 0.15) is 5.75 Å². The van der Waals surface area contributed by atoms with Crippen molar-refractivity contribution in [3.63, 3.8) is 0 Å². The maximum atomic E-state index is 5.97. The van der Waals surface area contributed by atoms with Crippen LogP contribution in [0.3, 0.4) is 0 Å². The molecule has 1 fully saturated rings. The zero-order chi connectivity index (χ0) is 10.8. The van der Waals surface area contributed by atoms with Crippen LogP contribution < -0.4 is 21.3 Å². The van der Waals surface area contributed by atoms with Gasteiger partial charge in [-0.1, -0.05) is 6.07 Å². The van der Waals surface area contributed by atoms with Crippen molar-refractivity contribution in [2.24, 2.45) is 0 Å². The van der Waals surface area contributed by atoms with Crippen molar-refractivity contribution in [3.05, 3.63) is 23.8 Å². The average molecular weight is 207 g/mol. The summed E-state index contributed by atoms with van der Waals surface area (Å²) in [4.78, 5) is 0. The second kappa shape index (κ2) is 4.08. The first kappa shape index (κ1) is 10.3. The van der Waals surface area contributed by atoms with Gasteiger partial charge in [0.05, 0.1) is 7.11 Å². The van der Waals surface area contributed by atoms with Gasteiger partial charge in [0.2, 0.25) is 0 Å². The minimum atomic E-state index is 0.297. The van der Waals surface area contributed by atoms with E-state index in [0.29, 0.717) is 12.1 Å². The predicted octanol–water partition coefficient (Wildman–Crippen LogP) is 1.20. The molecule has 2 atom stereocenters. The van der Waals surface area contributed by atoms with Gasteiger partial charge in [0, 0.05) is 23.8 Å². The van der Waals surface area contributed by atoms with Gasteiger partial charge in [-0.15, -0.1) is 0 Å². The van der Waals surface area contributed by atoms with E-state index in [4.69, 9.17) is 10.5 Å². The molecule has 4 N–H and O–H groups in total. The van der Waals surface area contributed by atoms with Crippen LogP contribution in [0.4, 0.5) is 5.69 Å². The Kier molecular flexibility index (Phi) is 2.79. The zero-order valence-electron chi connectivity index (χ0n) is 9.08. The van der Waals surface area contributed by atoms with Gasteiger partial charge >= 0.3 is 0 Å². The number of benzene rings is 1.